The summed E-state index contributed by atoms with van der Waals surface area (Å²) < 4.78 is 25.5. The normalized spacial score (nSPS) is 23.2. The van der Waals surface area contributed by atoms with Gasteiger partial charge in [-0.1, -0.05) is 6.07 Å². The van der Waals surface area contributed by atoms with Gasteiger partial charge in [-0.25, -0.2) is 4.39 Å². The molecule has 1 amide bonds. The van der Waals surface area contributed by atoms with Crippen molar-refractivity contribution >= 4 is 5.91 Å². The number of amides is 1. The molecule has 0 spiro atoms. The summed E-state index contributed by atoms with van der Waals surface area (Å²) >= 11 is 0. The van der Waals surface area contributed by atoms with Crippen LogP contribution in [-0.4, -0.2) is 37.2 Å². The highest BCUT2D eigenvalue weighted by Gasteiger charge is 2.30. The van der Waals surface area contributed by atoms with E-state index in [2.05, 4.69) is 10.6 Å². The average molecular weight is 364 g/mol. The Morgan fingerprint density at radius 3 is 2.77 bits per heavy atom. The van der Waals surface area contributed by atoms with Crippen LogP contribution in [0.2, 0.25) is 0 Å². The number of nitrogens with one attached hydrogen (secondary N) is 2. The van der Waals surface area contributed by atoms with Crippen molar-refractivity contribution in [3.05, 3.63) is 29.6 Å². The van der Waals surface area contributed by atoms with Gasteiger partial charge in [0.1, 0.15) is 11.6 Å². The third-order valence-corrected chi connectivity index (χ3v) is 4.94. The Balaban J connectivity index is 1.32. The van der Waals surface area contributed by atoms with Gasteiger partial charge in [-0.05, 0) is 44.6 Å². The minimum absolute atomic E-state index is 0.0138. The van der Waals surface area contributed by atoms with Gasteiger partial charge in [-0.2, -0.15) is 0 Å². The largest absolute Gasteiger partial charge is 0.493 e. The molecular formula is C20H29FN2O3. The summed E-state index contributed by atoms with van der Waals surface area (Å²) in [5.74, 6) is 0.971. The van der Waals surface area contributed by atoms with Gasteiger partial charge in [0.25, 0.3) is 0 Å². The third-order valence-electron chi connectivity index (χ3n) is 4.94. The Labute approximate surface area is 154 Å². The minimum atomic E-state index is -0.267. The van der Waals surface area contributed by atoms with E-state index >= 15 is 0 Å². The number of hydrogen-bond acceptors (Lipinski definition) is 4. The summed E-state index contributed by atoms with van der Waals surface area (Å²) in [5.41, 5.74) is 0.569. The van der Waals surface area contributed by atoms with E-state index in [-0.39, 0.29) is 30.5 Å². The van der Waals surface area contributed by atoms with Crippen LogP contribution >= 0.6 is 0 Å². The summed E-state index contributed by atoms with van der Waals surface area (Å²) in [6.45, 7) is 5.21. The van der Waals surface area contributed by atoms with E-state index in [1.54, 1.807) is 6.07 Å². The average Bonchev–Trinajstić information content (AvgIpc) is 3.36. The van der Waals surface area contributed by atoms with Crippen LogP contribution in [0.3, 0.4) is 0 Å². The van der Waals surface area contributed by atoms with Crippen molar-refractivity contribution < 1.29 is 18.7 Å². The molecule has 0 radical (unpaired) electrons. The number of halogens is 1. The molecule has 2 aliphatic rings. The Morgan fingerprint density at radius 1 is 1.35 bits per heavy atom. The SMILES string of the molecule is CC(=O)NC(C)CNC1CC(OCc2ccc(OCC3CC3)cc2F)C1. The first-order valence-electron chi connectivity index (χ1n) is 9.53. The number of carbonyl (C=O) groups is 1. The highest BCUT2D eigenvalue weighted by Crippen LogP contribution is 2.30. The highest BCUT2D eigenvalue weighted by atomic mass is 19.1. The molecule has 2 saturated carbocycles. The predicted octanol–water partition coefficient (Wildman–Crippen LogP) is 2.78. The minimum Gasteiger partial charge on any atom is -0.493 e. The third kappa shape index (κ3) is 5.95. The zero-order valence-corrected chi connectivity index (χ0v) is 15.6. The Kier molecular flexibility index (Phi) is 6.48. The molecule has 0 heterocycles. The fourth-order valence-corrected chi connectivity index (χ4v) is 3.05. The molecule has 1 unspecified atom stereocenters. The topological polar surface area (TPSA) is 59.6 Å². The maximum absolute atomic E-state index is 14.1. The van der Waals surface area contributed by atoms with E-state index in [0.717, 1.165) is 19.4 Å². The zero-order valence-electron chi connectivity index (χ0n) is 15.6. The molecule has 0 aliphatic heterocycles. The van der Waals surface area contributed by atoms with Crippen molar-refractivity contribution in [2.24, 2.45) is 5.92 Å². The molecule has 2 N–H and O–H groups in total. The van der Waals surface area contributed by atoms with Crippen LogP contribution < -0.4 is 15.4 Å². The first-order valence-corrected chi connectivity index (χ1v) is 9.53. The predicted molar refractivity (Wildman–Crippen MR) is 97.5 cm³/mol. The van der Waals surface area contributed by atoms with Crippen LogP contribution in [-0.2, 0) is 16.1 Å². The second-order valence-corrected chi connectivity index (χ2v) is 7.62. The second-order valence-electron chi connectivity index (χ2n) is 7.62. The molecule has 6 heteroatoms. The lowest BCUT2D eigenvalue weighted by Gasteiger charge is -2.36. The first-order chi connectivity index (χ1) is 12.5. The number of ether oxygens (including phenoxy) is 2. The lowest BCUT2D eigenvalue weighted by molar-refractivity contribution is -0.119. The van der Waals surface area contributed by atoms with Gasteiger partial charge in [0.15, 0.2) is 0 Å². The summed E-state index contributed by atoms with van der Waals surface area (Å²) in [5, 5.41) is 6.26. The van der Waals surface area contributed by atoms with Crippen molar-refractivity contribution in [3.8, 4) is 5.75 Å². The summed E-state index contributed by atoms with van der Waals surface area (Å²) in [7, 11) is 0. The number of rotatable bonds is 10. The van der Waals surface area contributed by atoms with Crippen molar-refractivity contribution in [2.45, 2.75) is 64.3 Å². The Hall–Kier alpha value is -1.66. The van der Waals surface area contributed by atoms with Crippen LogP contribution in [0.1, 0.15) is 45.1 Å². The van der Waals surface area contributed by atoms with Gasteiger partial charge >= 0.3 is 0 Å². The van der Waals surface area contributed by atoms with Gasteiger partial charge in [0, 0.05) is 37.2 Å². The fourth-order valence-electron chi connectivity index (χ4n) is 3.05. The van der Waals surface area contributed by atoms with Crippen LogP contribution in [0.15, 0.2) is 18.2 Å². The molecule has 1 aromatic carbocycles. The van der Waals surface area contributed by atoms with Crippen LogP contribution in [0, 0.1) is 11.7 Å². The molecule has 0 saturated heterocycles. The molecule has 1 aromatic rings. The lowest BCUT2D eigenvalue weighted by atomic mass is 9.89. The Morgan fingerprint density at radius 2 is 2.12 bits per heavy atom. The number of hydrogen-bond donors (Lipinski definition) is 2. The molecule has 0 aromatic heterocycles. The quantitative estimate of drug-likeness (QED) is 0.670. The van der Waals surface area contributed by atoms with Crippen LogP contribution in [0.5, 0.6) is 5.75 Å². The summed E-state index contributed by atoms with van der Waals surface area (Å²) in [4.78, 5) is 11.0. The molecule has 144 valence electrons. The zero-order chi connectivity index (χ0) is 18.5. The van der Waals surface area contributed by atoms with E-state index in [0.29, 0.717) is 29.9 Å². The molecule has 5 nitrogen and oxygen atoms in total. The monoisotopic (exact) mass is 364 g/mol. The standard InChI is InChI=1S/C20H29FN2O3/c1-13(23-14(2)24)10-22-17-7-19(8-17)26-12-16-5-6-18(9-20(16)21)25-11-15-3-4-15/h5-6,9,13,15,17,19,22H,3-4,7-8,10-12H2,1-2H3,(H,23,24). The molecule has 2 fully saturated rings. The van der Waals surface area contributed by atoms with Gasteiger partial charge in [0.05, 0.1) is 19.3 Å². The molecule has 3 rings (SSSR count). The van der Waals surface area contributed by atoms with E-state index in [1.807, 2.05) is 13.0 Å². The molecular weight excluding hydrogens is 335 g/mol. The van der Waals surface area contributed by atoms with Gasteiger partial charge in [0.2, 0.25) is 5.91 Å². The highest BCUT2D eigenvalue weighted by molar-refractivity contribution is 5.73. The smallest absolute Gasteiger partial charge is 0.217 e. The lowest BCUT2D eigenvalue weighted by Crippen LogP contribution is -2.49. The maximum Gasteiger partial charge on any atom is 0.217 e. The van der Waals surface area contributed by atoms with E-state index in [4.69, 9.17) is 9.47 Å². The number of carbonyl (C=O) groups excluding carboxylic acids is 1. The first kappa shape index (κ1) is 19.1. The summed E-state index contributed by atoms with van der Waals surface area (Å²) in [6, 6.07) is 5.54. The maximum atomic E-state index is 14.1. The fraction of sp³-hybridized carbons (Fsp3) is 0.650. The van der Waals surface area contributed by atoms with Crippen molar-refractivity contribution in [2.75, 3.05) is 13.2 Å². The van der Waals surface area contributed by atoms with Crippen molar-refractivity contribution in [1.29, 1.82) is 0 Å². The Bertz CT molecular complexity index is 615. The summed E-state index contributed by atoms with van der Waals surface area (Å²) in [6.07, 6.45) is 4.43. The van der Waals surface area contributed by atoms with Crippen molar-refractivity contribution in [1.82, 2.24) is 10.6 Å². The van der Waals surface area contributed by atoms with Gasteiger partial charge < -0.3 is 20.1 Å². The van der Waals surface area contributed by atoms with Gasteiger partial charge in [-0.3, -0.25) is 4.79 Å². The van der Waals surface area contributed by atoms with E-state index in [1.165, 1.54) is 25.8 Å². The van der Waals surface area contributed by atoms with Crippen LogP contribution in [0.25, 0.3) is 0 Å². The van der Waals surface area contributed by atoms with Crippen LogP contribution in [0.4, 0.5) is 4.39 Å². The molecule has 0 bridgehead atoms. The molecule has 2 aliphatic carbocycles. The van der Waals surface area contributed by atoms with E-state index < -0.39 is 0 Å². The van der Waals surface area contributed by atoms with E-state index in [9.17, 15) is 9.18 Å². The molecule has 1 atom stereocenters. The number of benzene rings is 1. The second kappa shape index (κ2) is 8.82. The molecule has 26 heavy (non-hydrogen) atoms. The van der Waals surface area contributed by atoms with Gasteiger partial charge in [-0.15, -0.1) is 0 Å². The van der Waals surface area contributed by atoms with Crippen molar-refractivity contribution in [3.63, 3.8) is 0 Å².